The Labute approximate surface area is 120 Å². The van der Waals surface area contributed by atoms with Crippen LogP contribution in [0.3, 0.4) is 0 Å². The average Bonchev–Trinajstić information content (AvgIpc) is 3.19. The molecule has 0 saturated carbocycles. The summed E-state index contributed by atoms with van der Waals surface area (Å²) in [7, 11) is 0. The minimum atomic E-state index is -0.466. The Balaban J connectivity index is 0.000000126. The molecule has 4 rings (SSSR count). The van der Waals surface area contributed by atoms with Crippen LogP contribution in [0.5, 0.6) is 0 Å². The van der Waals surface area contributed by atoms with Crippen molar-refractivity contribution in [3.8, 4) is 6.07 Å². The Bertz CT molecular complexity index is 802. The topological polar surface area (TPSA) is 124 Å². The van der Waals surface area contributed by atoms with Gasteiger partial charge in [0.1, 0.15) is 6.07 Å². The number of nitriles is 1. The number of nitrogens with zero attached hydrogens (tertiary/aromatic N) is 3. The Morgan fingerprint density at radius 3 is 2.43 bits per heavy atom. The standard InChI is InChI=1S/C7H7N3O.C7H5N3/c8-7(11)6-4-2-1-3-5(4)9-10-6;8-4-7-5-2-1-3-6(5)9-10-7/h1,3H,2H2,(H2,8,11)(H,9,10);1,3H,2H2,(H,9,10). The number of H-pyrrole nitrogens is 2. The summed E-state index contributed by atoms with van der Waals surface area (Å²) in [6, 6.07) is 2.02. The van der Waals surface area contributed by atoms with Crippen molar-refractivity contribution in [2.45, 2.75) is 12.8 Å². The number of carbonyl (C=O) groups is 1. The summed E-state index contributed by atoms with van der Waals surface area (Å²) in [5.41, 5.74) is 9.80. The number of aromatic nitrogens is 4. The highest BCUT2D eigenvalue weighted by Crippen LogP contribution is 2.20. The van der Waals surface area contributed by atoms with E-state index in [9.17, 15) is 4.79 Å². The van der Waals surface area contributed by atoms with E-state index in [1.54, 1.807) is 0 Å². The predicted octanol–water partition coefficient (Wildman–Crippen LogP) is 0.929. The number of rotatable bonds is 1. The van der Waals surface area contributed by atoms with Gasteiger partial charge in [0.2, 0.25) is 0 Å². The summed E-state index contributed by atoms with van der Waals surface area (Å²) in [4.78, 5) is 10.7. The first-order valence-electron chi connectivity index (χ1n) is 6.38. The molecule has 2 aromatic rings. The molecular weight excluding hydrogens is 268 g/mol. The van der Waals surface area contributed by atoms with Gasteiger partial charge in [0.05, 0.1) is 11.4 Å². The first-order valence-corrected chi connectivity index (χ1v) is 6.38. The molecule has 0 aromatic carbocycles. The summed E-state index contributed by atoms with van der Waals surface area (Å²) >= 11 is 0. The molecule has 0 fully saturated rings. The Kier molecular flexibility index (Phi) is 3.12. The second-order valence-electron chi connectivity index (χ2n) is 4.62. The van der Waals surface area contributed by atoms with E-state index < -0.39 is 5.91 Å². The number of carbonyl (C=O) groups excluding carboxylic acids is 1. The molecule has 0 radical (unpaired) electrons. The minimum Gasteiger partial charge on any atom is -0.364 e. The van der Waals surface area contributed by atoms with Crippen molar-refractivity contribution in [1.29, 1.82) is 5.26 Å². The average molecular weight is 280 g/mol. The van der Waals surface area contributed by atoms with Crippen molar-refractivity contribution < 1.29 is 4.79 Å². The molecule has 104 valence electrons. The van der Waals surface area contributed by atoms with E-state index in [2.05, 4.69) is 20.4 Å². The maximum absolute atomic E-state index is 10.7. The third kappa shape index (κ3) is 2.23. The maximum atomic E-state index is 10.7. The lowest BCUT2D eigenvalue weighted by Gasteiger charge is -1.89. The van der Waals surface area contributed by atoms with Gasteiger partial charge in [-0.05, 0) is 25.0 Å². The molecular formula is C14H12N6O. The molecule has 0 bridgehead atoms. The number of aromatic amines is 2. The van der Waals surface area contributed by atoms with Crippen LogP contribution in [0, 0.1) is 11.3 Å². The number of amides is 1. The molecule has 0 atom stereocenters. The van der Waals surface area contributed by atoms with Crippen LogP contribution in [-0.4, -0.2) is 26.3 Å². The predicted molar refractivity (Wildman–Crippen MR) is 75.9 cm³/mol. The van der Waals surface area contributed by atoms with Crippen molar-refractivity contribution in [3.63, 3.8) is 0 Å². The smallest absolute Gasteiger partial charge is 0.269 e. The molecule has 7 heteroatoms. The van der Waals surface area contributed by atoms with Crippen molar-refractivity contribution in [1.82, 2.24) is 20.4 Å². The van der Waals surface area contributed by atoms with Crippen LogP contribution in [0.1, 0.15) is 38.7 Å². The van der Waals surface area contributed by atoms with Crippen LogP contribution < -0.4 is 5.73 Å². The summed E-state index contributed by atoms with van der Waals surface area (Å²) in [6.07, 6.45) is 9.43. The fourth-order valence-electron chi connectivity index (χ4n) is 2.33. The largest absolute Gasteiger partial charge is 0.364 e. The molecule has 0 spiro atoms. The second kappa shape index (κ2) is 5.09. The van der Waals surface area contributed by atoms with Gasteiger partial charge in [-0.2, -0.15) is 15.5 Å². The highest BCUT2D eigenvalue weighted by Gasteiger charge is 2.17. The van der Waals surface area contributed by atoms with Crippen LogP contribution in [0.4, 0.5) is 0 Å². The van der Waals surface area contributed by atoms with E-state index in [-0.39, 0.29) is 0 Å². The van der Waals surface area contributed by atoms with Gasteiger partial charge in [-0.3, -0.25) is 15.0 Å². The van der Waals surface area contributed by atoms with Gasteiger partial charge in [-0.1, -0.05) is 12.2 Å². The normalized spacial score (nSPS) is 13.3. The van der Waals surface area contributed by atoms with E-state index in [0.29, 0.717) is 11.4 Å². The SMILES string of the molecule is N#Cc1n[nH]c2c1CC=C2.NC(=O)c1n[nH]c2c1CC=C2. The highest BCUT2D eigenvalue weighted by atomic mass is 16.1. The van der Waals surface area contributed by atoms with Gasteiger partial charge in [0.15, 0.2) is 11.4 Å². The lowest BCUT2D eigenvalue weighted by Crippen LogP contribution is -2.13. The molecule has 7 nitrogen and oxygen atoms in total. The fraction of sp³-hybridized carbons (Fsp3) is 0.143. The van der Waals surface area contributed by atoms with E-state index in [1.807, 2.05) is 30.4 Å². The summed E-state index contributed by atoms with van der Waals surface area (Å²) < 4.78 is 0. The molecule has 2 aliphatic carbocycles. The molecule has 0 aliphatic heterocycles. The molecule has 2 aromatic heterocycles. The van der Waals surface area contributed by atoms with Gasteiger partial charge in [0, 0.05) is 11.1 Å². The van der Waals surface area contributed by atoms with Crippen LogP contribution in [0.25, 0.3) is 12.2 Å². The molecule has 2 heterocycles. The molecule has 2 aliphatic rings. The first kappa shape index (κ1) is 12.9. The van der Waals surface area contributed by atoms with Gasteiger partial charge >= 0.3 is 0 Å². The number of nitrogens with two attached hydrogens (primary N) is 1. The van der Waals surface area contributed by atoms with Crippen LogP contribution >= 0.6 is 0 Å². The number of nitrogens with one attached hydrogen (secondary N) is 2. The third-order valence-electron chi connectivity index (χ3n) is 3.35. The molecule has 1 amide bonds. The van der Waals surface area contributed by atoms with Gasteiger partial charge in [0.25, 0.3) is 5.91 Å². The van der Waals surface area contributed by atoms with E-state index in [0.717, 1.165) is 35.4 Å². The van der Waals surface area contributed by atoms with Gasteiger partial charge in [-0.15, -0.1) is 0 Å². The highest BCUT2D eigenvalue weighted by molar-refractivity contribution is 5.93. The summed E-state index contributed by atoms with van der Waals surface area (Å²) in [5, 5.41) is 21.6. The van der Waals surface area contributed by atoms with E-state index in [4.69, 9.17) is 11.0 Å². The summed E-state index contributed by atoms with van der Waals surface area (Å²) in [5.74, 6) is -0.466. The molecule has 0 saturated heterocycles. The van der Waals surface area contributed by atoms with Gasteiger partial charge < -0.3 is 5.73 Å². The minimum absolute atomic E-state index is 0.366. The Morgan fingerprint density at radius 1 is 1.14 bits per heavy atom. The van der Waals surface area contributed by atoms with Crippen LogP contribution in [0.15, 0.2) is 12.2 Å². The zero-order chi connectivity index (χ0) is 14.8. The van der Waals surface area contributed by atoms with Crippen molar-refractivity contribution >= 4 is 18.1 Å². The third-order valence-corrected chi connectivity index (χ3v) is 3.35. The molecule has 4 N–H and O–H groups in total. The van der Waals surface area contributed by atoms with E-state index in [1.165, 1.54) is 0 Å². The molecule has 0 unspecified atom stereocenters. The summed E-state index contributed by atoms with van der Waals surface area (Å²) in [6.45, 7) is 0. The Hall–Kier alpha value is -3.14. The van der Waals surface area contributed by atoms with Crippen LogP contribution in [0.2, 0.25) is 0 Å². The Morgan fingerprint density at radius 2 is 1.76 bits per heavy atom. The fourth-order valence-corrected chi connectivity index (χ4v) is 2.33. The maximum Gasteiger partial charge on any atom is 0.269 e. The first-order chi connectivity index (χ1) is 10.2. The number of fused-ring (bicyclic) bond motifs is 2. The van der Waals surface area contributed by atoms with Gasteiger partial charge in [-0.25, -0.2) is 0 Å². The zero-order valence-electron chi connectivity index (χ0n) is 11.1. The van der Waals surface area contributed by atoms with E-state index >= 15 is 0 Å². The number of hydrogen-bond acceptors (Lipinski definition) is 4. The number of allylic oxidation sites excluding steroid dienone is 2. The van der Waals surface area contributed by atoms with Crippen LogP contribution in [-0.2, 0) is 12.8 Å². The monoisotopic (exact) mass is 280 g/mol. The lowest BCUT2D eigenvalue weighted by atomic mass is 10.2. The van der Waals surface area contributed by atoms with Crippen molar-refractivity contribution in [2.24, 2.45) is 5.73 Å². The zero-order valence-corrected chi connectivity index (χ0v) is 11.1. The second-order valence-corrected chi connectivity index (χ2v) is 4.62. The quantitative estimate of drug-likeness (QED) is 0.718. The van der Waals surface area contributed by atoms with Crippen molar-refractivity contribution in [2.75, 3.05) is 0 Å². The molecule has 21 heavy (non-hydrogen) atoms. The number of primary amides is 1. The number of hydrogen-bond donors (Lipinski definition) is 3. The van der Waals surface area contributed by atoms with Crippen molar-refractivity contribution in [3.05, 3.63) is 46.1 Å². The lowest BCUT2D eigenvalue weighted by molar-refractivity contribution is 0.0995.